The van der Waals surface area contributed by atoms with Gasteiger partial charge in [0, 0.05) is 34.9 Å². The van der Waals surface area contributed by atoms with Crippen LogP contribution in [0, 0.1) is 0 Å². The van der Waals surface area contributed by atoms with E-state index in [-0.39, 0.29) is 17.6 Å². The Kier molecular flexibility index (Phi) is 3.76. The third-order valence-corrected chi connectivity index (χ3v) is 5.59. The Morgan fingerprint density at radius 1 is 1.25 bits per heavy atom. The number of H-pyrrole nitrogens is 1. The minimum absolute atomic E-state index is 0.00872. The predicted octanol–water partition coefficient (Wildman–Crippen LogP) is 4.12. The van der Waals surface area contributed by atoms with E-state index in [0.29, 0.717) is 11.1 Å². The summed E-state index contributed by atoms with van der Waals surface area (Å²) in [4.78, 5) is 18.6. The van der Waals surface area contributed by atoms with E-state index in [1.54, 1.807) is 25.3 Å². The van der Waals surface area contributed by atoms with Gasteiger partial charge in [0.25, 0.3) is 0 Å². The molecule has 140 valence electrons. The molecular formula is C23H20N2O3. The van der Waals surface area contributed by atoms with Gasteiger partial charge in [0.2, 0.25) is 0 Å². The van der Waals surface area contributed by atoms with Crippen LogP contribution in [-0.2, 0) is 6.42 Å². The number of rotatable bonds is 3. The van der Waals surface area contributed by atoms with Gasteiger partial charge < -0.3 is 19.7 Å². The van der Waals surface area contributed by atoms with E-state index < -0.39 is 0 Å². The lowest BCUT2D eigenvalue weighted by atomic mass is 9.93. The first-order valence-corrected chi connectivity index (χ1v) is 9.32. The van der Waals surface area contributed by atoms with E-state index in [1.807, 2.05) is 24.4 Å². The third kappa shape index (κ3) is 2.51. The lowest BCUT2D eigenvalue weighted by Gasteiger charge is -2.35. The SMILES string of the molecule is COc1ccc2[nH]c3c(c2c1)CCN1C=C(C(=O)c2ccccc2O)C=CC31. The Morgan fingerprint density at radius 2 is 2.11 bits per heavy atom. The quantitative estimate of drug-likeness (QED) is 0.679. The first-order chi connectivity index (χ1) is 13.7. The van der Waals surface area contributed by atoms with Gasteiger partial charge in [0.15, 0.2) is 5.78 Å². The smallest absolute Gasteiger partial charge is 0.198 e. The molecule has 0 saturated heterocycles. The van der Waals surface area contributed by atoms with E-state index in [0.717, 1.165) is 29.9 Å². The number of para-hydroxylation sites is 1. The van der Waals surface area contributed by atoms with Gasteiger partial charge in [-0.15, -0.1) is 0 Å². The van der Waals surface area contributed by atoms with Crippen LogP contribution in [0.15, 0.2) is 66.4 Å². The molecular weight excluding hydrogens is 352 g/mol. The van der Waals surface area contributed by atoms with Crippen LogP contribution < -0.4 is 4.74 Å². The molecule has 28 heavy (non-hydrogen) atoms. The number of hydrogen-bond acceptors (Lipinski definition) is 4. The van der Waals surface area contributed by atoms with Crippen molar-refractivity contribution in [1.82, 2.24) is 9.88 Å². The molecule has 5 nitrogen and oxygen atoms in total. The summed E-state index contributed by atoms with van der Waals surface area (Å²) in [5.41, 5.74) is 4.48. The number of phenols is 1. The van der Waals surface area contributed by atoms with Gasteiger partial charge in [-0.3, -0.25) is 4.79 Å². The average Bonchev–Trinajstić information content (AvgIpc) is 3.11. The van der Waals surface area contributed by atoms with Gasteiger partial charge in [-0.05, 0) is 42.3 Å². The van der Waals surface area contributed by atoms with Crippen LogP contribution in [-0.4, -0.2) is 34.4 Å². The second-order valence-corrected chi connectivity index (χ2v) is 7.15. The van der Waals surface area contributed by atoms with Crippen LogP contribution >= 0.6 is 0 Å². The maximum Gasteiger partial charge on any atom is 0.198 e. The fourth-order valence-electron chi connectivity index (χ4n) is 4.17. The summed E-state index contributed by atoms with van der Waals surface area (Å²) in [6, 6.07) is 12.8. The zero-order chi connectivity index (χ0) is 19.3. The Morgan fingerprint density at radius 3 is 2.93 bits per heavy atom. The maximum atomic E-state index is 12.8. The van der Waals surface area contributed by atoms with Crippen LogP contribution in [0.2, 0.25) is 0 Å². The van der Waals surface area contributed by atoms with Crippen LogP contribution in [0.25, 0.3) is 10.9 Å². The minimum Gasteiger partial charge on any atom is -0.507 e. The molecule has 0 amide bonds. The molecule has 2 aliphatic rings. The number of carbonyl (C=O) groups is 1. The fourth-order valence-corrected chi connectivity index (χ4v) is 4.17. The van der Waals surface area contributed by atoms with E-state index >= 15 is 0 Å². The Labute approximate surface area is 162 Å². The highest BCUT2D eigenvalue weighted by Gasteiger charge is 2.30. The molecule has 0 spiro atoms. The van der Waals surface area contributed by atoms with E-state index in [1.165, 1.54) is 17.0 Å². The van der Waals surface area contributed by atoms with Crippen molar-refractivity contribution in [2.75, 3.05) is 13.7 Å². The van der Waals surface area contributed by atoms with Crippen molar-refractivity contribution in [2.24, 2.45) is 0 Å². The molecule has 1 atom stereocenters. The van der Waals surface area contributed by atoms with Gasteiger partial charge in [-0.2, -0.15) is 0 Å². The monoisotopic (exact) mass is 372 g/mol. The summed E-state index contributed by atoms with van der Waals surface area (Å²) in [7, 11) is 1.68. The van der Waals surface area contributed by atoms with Crippen molar-refractivity contribution in [3.8, 4) is 11.5 Å². The number of carbonyl (C=O) groups excluding carboxylic acids is 1. The molecule has 0 saturated carbocycles. The number of Topliss-reactive ketones (excluding diaryl/α,β-unsaturated/α-hetero) is 1. The normalized spacial score (nSPS) is 17.8. The number of nitrogens with zero attached hydrogens (tertiary/aromatic N) is 1. The topological polar surface area (TPSA) is 65.6 Å². The second-order valence-electron chi connectivity index (χ2n) is 7.15. The van der Waals surface area contributed by atoms with Gasteiger partial charge in [-0.25, -0.2) is 0 Å². The van der Waals surface area contributed by atoms with Crippen molar-refractivity contribution >= 4 is 16.7 Å². The number of phenolic OH excluding ortho intramolecular Hbond substituents is 1. The zero-order valence-corrected chi connectivity index (χ0v) is 15.5. The first kappa shape index (κ1) is 16.7. The largest absolute Gasteiger partial charge is 0.507 e. The summed E-state index contributed by atoms with van der Waals surface area (Å²) in [5, 5.41) is 11.2. The molecule has 0 bridgehead atoms. The summed E-state index contributed by atoms with van der Waals surface area (Å²) in [5.74, 6) is 0.695. The summed E-state index contributed by atoms with van der Waals surface area (Å²) in [6.07, 6.45) is 6.71. The van der Waals surface area contributed by atoms with Crippen LogP contribution in [0.4, 0.5) is 0 Å². The number of nitrogens with one attached hydrogen (secondary N) is 1. The Bertz CT molecular complexity index is 1160. The Hall–Kier alpha value is -3.47. The van der Waals surface area contributed by atoms with Crippen molar-refractivity contribution in [2.45, 2.75) is 12.5 Å². The number of ketones is 1. The lowest BCUT2D eigenvalue weighted by molar-refractivity contribution is 0.103. The molecule has 2 aromatic carbocycles. The van der Waals surface area contributed by atoms with Crippen molar-refractivity contribution in [1.29, 1.82) is 0 Å². The second kappa shape index (κ2) is 6.30. The van der Waals surface area contributed by atoms with Gasteiger partial charge in [0.05, 0.1) is 18.7 Å². The van der Waals surface area contributed by atoms with Crippen molar-refractivity contribution in [3.05, 3.63) is 83.2 Å². The number of benzene rings is 2. The number of methoxy groups -OCH3 is 1. The zero-order valence-electron chi connectivity index (χ0n) is 15.5. The Balaban J connectivity index is 1.50. The standard InChI is InChI=1S/C23H20N2O3/c1-28-15-7-8-19-18(12-15)16-10-11-25-13-14(6-9-20(25)22(16)24-19)23(27)17-4-2-3-5-21(17)26/h2-9,12-13,20,24,26H,10-11H2,1H3. The number of aromatic amines is 1. The van der Waals surface area contributed by atoms with E-state index in [4.69, 9.17) is 4.74 Å². The van der Waals surface area contributed by atoms with Gasteiger partial charge in [-0.1, -0.05) is 24.3 Å². The number of allylic oxidation sites excluding steroid dienone is 2. The molecule has 2 N–H and O–H groups in total. The average molecular weight is 372 g/mol. The van der Waals surface area contributed by atoms with Crippen LogP contribution in [0.1, 0.15) is 27.7 Å². The molecule has 2 aliphatic heterocycles. The van der Waals surface area contributed by atoms with Gasteiger partial charge >= 0.3 is 0 Å². The summed E-state index contributed by atoms with van der Waals surface area (Å²) in [6.45, 7) is 0.823. The van der Waals surface area contributed by atoms with Gasteiger partial charge in [0.1, 0.15) is 11.5 Å². The number of hydrogen-bond donors (Lipinski definition) is 2. The van der Waals surface area contributed by atoms with E-state index in [9.17, 15) is 9.90 Å². The van der Waals surface area contributed by atoms with Crippen LogP contribution in [0.3, 0.4) is 0 Å². The highest BCUT2D eigenvalue weighted by Crippen LogP contribution is 2.39. The molecule has 0 aliphatic carbocycles. The molecule has 5 heteroatoms. The first-order valence-electron chi connectivity index (χ1n) is 9.32. The maximum absolute atomic E-state index is 12.8. The molecule has 3 aromatic rings. The summed E-state index contributed by atoms with van der Waals surface area (Å²) >= 11 is 0. The number of fused-ring (bicyclic) bond motifs is 5. The lowest BCUT2D eigenvalue weighted by Crippen LogP contribution is -2.32. The molecule has 1 aromatic heterocycles. The number of ether oxygens (including phenoxy) is 1. The third-order valence-electron chi connectivity index (χ3n) is 5.59. The fraction of sp³-hybridized carbons (Fsp3) is 0.174. The summed E-state index contributed by atoms with van der Waals surface area (Å²) < 4.78 is 5.38. The highest BCUT2D eigenvalue weighted by molar-refractivity contribution is 6.12. The minimum atomic E-state index is -0.167. The molecule has 0 radical (unpaired) electrons. The number of aromatic nitrogens is 1. The molecule has 1 unspecified atom stereocenters. The highest BCUT2D eigenvalue weighted by atomic mass is 16.5. The van der Waals surface area contributed by atoms with Crippen molar-refractivity contribution < 1.29 is 14.6 Å². The molecule has 5 rings (SSSR count). The molecule has 0 fully saturated rings. The number of aromatic hydroxyl groups is 1. The predicted molar refractivity (Wildman–Crippen MR) is 108 cm³/mol. The van der Waals surface area contributed by atoms with Crippen LogP contribution in [0.5, 0.6) is 11.5 Å². The van der Waals surface area contributed by atoms with E-state index in [2.05, 4.69) is 22.0 Å². The van der Waals surface area contributed by atoms with Crippen molar-refractivity contribution in [3.63, 3.8) is 0 Å². The molecule has 3 heterocycles.